The van der Waals surface area contributed by atoms with Crippen LogP contribution in [-0.4, -0.2) is 37.6 Å². The average Bonchev–Trinajstić information content (AvgIpc) is 3.18. The maximum absolute atomic E-state index is 13.3. The minimum atomic E-state index is -3.30. The fourth-order valence-corrected chi connectivity index (χ4v) is 5.65. The van der Waals surface area contributed by atoms with Crippen LogP contribution in [0.3, 0.4) is 0 Å². The van der Waals surface area contributed by atoms with Crippen LogP contribution in [0.25, 0.3) is 0 Å². The molecule has 1 amide bonds. The van der Waals surface area contributed by atoms with Crippen molar-refractivity contribution in [1.29, 1.82) is 0 Å². The van der Waals surface area contributed by atoms with Crippen molar-refractivity contribution in [3.8, 4) is 0 Å². The molecule has 5 nitrogen and oxygen atoms in total. The molecule has 1 aliphatic heterocycles. The second-order valence-electron chi connectivity index (χ2n) is 10.7. The number of sulfone groups is 1. The summed E-state index contributed by atoms with van der Waals surface area (Å²) >= 11 is 0. The number of hydrogen-bond donors (Lipinski definition) is 0. The van der Waals surface area contributed by atoms with Gasteiger partial charge in [-0.3, -0.25) is 4.79 Å². The topological polar surface area (TPSA) is 67.6 Å². The molecule has 0 saturated carbocycles. The zero-order valence-electron chi connectivity index (χ0n) is 19.6. The third kappa shape index (κ3) is 5.59. The monoisotopic (exact) mass is 445 g/mol. The number of piperidine rings is 1. The van der Waals surface area contributed by atoms with Crippen molar-refractivity contribution < 1.29 is 17.6 Å². The van der Waals surface area contributed by atoms with Gasteiger partial charge < -0.3 is 9.32 Å². The summed E-state index contributed by atoms with van der Waals surface area (Å²) in [6, 6.07) is 9.58. The minimum Gasteiger partial charge on any atom is -0.468 e. The second kappa shape index (κ2) is 8.45. The number of amides is 1. The number of nitrogens with zero attached hydrogens (tertiary/aromatic N) is 1. The molecule has 1 aliphatic rings. The first-order chi connectivity index (χ1) is 14.3. The molecule has 0 bridgehead atoms. The number of likely N-dealkylation sites (tertiary alicyclic amines) is 1. The van der Waals surface area contributed by atoms with Crippen LogP contribution in [0.4, 0.5) is 0 Å². The van der Waals surface area contributed by atoms with Crippen molar-refractivity contribution in [1.82, 2.24) is 4.90 Å². The molecule has 1 aromatic carbocycles. The smallest absolute Gasteiger partial charge is 0.253 e. The summed E-state index contributed by atoms with van der Waals surface area (Å²) in [5.41, 5.74) is 2.83. The van der Waals surface area contributed by atoms with E-state index in [1.165, 1.54) is 6.26 Å². The largest absolute Gasteiger partial charge is 0.468 e. The maximum Gasteiger partial charge on any atom is 0.253 e. The maximum atomic E-state index is 13.3. The van der Waals surface area contributed by atoms with Gasteiger partial charge >= 0.3 is 0 Å². The molecule has 31 heavy (non-hydrogen) atoms. The number of furan rings is 1. The predicted molar refractivity (Wildman–Crippen MR) is 124 cm³/mol. The van der Waals surface area contributed by atoms with Gasteiger partial charge in [-0.25, -0.2) is 8.42 Å². The molecule has 0 unspecified atom stereocenters. The van der Waals surface area contributed by atoms with Crippen LogP contribution >= 0.6 is 0 Å². The number of carbonyl (C=O) groups is 1. The highest BCUT2D eigenvalue weighted by Gasteiger charge is 2.33. The van der Waals surface area contributed by atoms with Crippen LogP contribution < -0.4 is 0 Å². The van der Waals surface area contributed by atoms with Gasteiger partial charge in [-0.2, -0.15) is 0 Å². The Morgan fingerprint density at radius 3 is 2.00 bits per heavy atom. The van der Waals surface area contributed by atoms with E-state index in [1.807, 2.05) is 12.1 Å². The molecular weight excluding hydrogens is 410 g/mol. The van der Waals surface area contributed by atoms with E-state index in [4.69, 9.17) is 4.42 Å². The Labute approximate surface area is 186 Å². The van der Waals surface area contributed by atoms with Crippen molar-refractivity contribution in [3.05, 3.63) is 59.0 Å². The van der Waals surface area contributed by atoms with Gasteiger partial charge in [-0.15, -0.1) is 0 Å². The van der Waals surface area contributed by atoms with E-state index >= 15 is 0 Å². The summed E-state index contributed by atoms with van der Waals surface area (Å²) in [6.07, 6.45) is 2.41. The first-order valence-corrected chi connectivity index (χ1v) is 12.7. The number of benzene rings is 1. The Hall–Kier alpha value is -2.08. The van der Waals surface area contributed by atoms with Crippen LogP contribution in [-0.2, 0) is 26.4 Å². The predicted octanol–water partition coefficient (Wildman–Crippen LogP) is 5.09. The van der Waals surface area contributed by atoms with Crippen molar-refractivity contribution in [3.63, 3.8) is 0 Å². The summed E-state index contributed by atoms with van der Waals surface area (Å²) in [6.45, 7) is 13.8. The minimum absolute atomic E-state index is 0.0153. The highest BCUT2D eigenvalue weighted by molar-refractivity contribution is 7.91. The molecule has 2 heterocycles. The lowest BCUT2D eigenvalue weighted by Crippen LogP contribution is -2.43. The molecule has 0 atom stereocenters. The Bertz CT molecular complexity index is 984. The van der Waals surface area contributed by atoms with Crippen LogP contribution in [0.1, 0.15) is 81.6 Å². The zero-order chi connectivity index (χ0) is 23.0. The fourth-order valence-electron chi connectivity index (χ4n) is 3.93. The third-order valence-corrected chi connectivity index (χ3v) is 8.25. The molecule has 0 aliphatic carbocycles. The van der Waals surface area contributed by atoms with Gasteiger partial charge in [0, 0.05) is 18.7 Å². The lowest BCUT2D eigenvalue weighted by atomic mass is 9.79. The van der Waals surface area contributed by atoms with Crippen LogP contribution in [0.5, 0.6) is 0 Å². The van der Waals surface area contributed by atoms with E-state index in [9.17, 15) is 13.2 Å². The van der Waals surface area contributed by atoms with Crippen molar-refractivity contribution >= 4 is 15.7 Å². The average molecular weight is 446 g/mol. The highest BCUT2D eigenvalue weighted by atomic mass is 32.2. The van der Waals surface area contributed by atoms with Crippen LogP contribution in [0.2, 0.25) is 0 Å². The van der Waals surface area contributed by atoms with E-state index in [0.29, 0.717) is 37.3 Å². The number of carbonyl (C=O) groups excluding carboxylic acids is 1. The molecule has 1 aromatic heterocycles. The standard InChI is InChI=1S/C25H35NO4S/c1-24(2,3)19-14-18(15-20(16-19)25(4,5)6)23(27)26-11-9-22(10-12-26)31(28,29)17-21-8-7-13-30-21/h7-8,13-16,22H,9-12,17H2,1-6H3. The normalized spacial score (nSPS) is 16.5. The fraction of sp³-hybridized carbons (Fsp3) is 0.560. The van der Waals surface area contributed by atoms with E-state index in [0.717, 1.165) is 11.1 Å². The first kappa shape index (κ1) is 23.6. The quantitative estimate of drug-likeness (QED) is 0.657. The van der Waals surface area contributed by atoms with Gasteiger partial charge in [-0.05, 0) is 59.1 Å². The zero-order valence-corrected chi connectivity index (χ0v) is 20.4. The van der Waals surface area contributed by atoms with Crippen molar-refractivity contribution in [2.24, 2.45) is 0 Å². The summed E-state index contributed by atoms with van der Waals surface area (Å²) in [4.78, 5) is 15.1. The molecule has 170 valence electrons. The van der Waals surface area contributed by atoms with E-state index in [1.54, 1.807) is 17.0 Å². The van der Waals surface area contributed by atoms with E-state index < -0.39 is 15.1 Å². The van der Waals surface area contributed by atoms with Crippen molar-refractivity contribution in [2.45, 2.75) is 76.2 Å². The molecule has 0 N–H and O–H groups in total. The van der Waals surface area contributed by atoms with Gasteiger partial charge in [-0.1, -0.05) is 47.6 Å². The summed E-state index contributed by atoms with van der Waals surface area (Å²) in [5, 5.41) is -0.437. The molecule has 1 fully saturated rings. The lowest BCUT2D eigenvalue weighted by molar-refractivity contribution is 0.0725. The first-order valence-electron chi connectivity index (χ1n) is 11.0. The Kier molecular flexibility index (Phi) is 6.43. The summed E-state index contributed by atoms with van der Waals surface area (Å²) in [7, 11) is -3.30. The summed E-state index contributed by atoms with van der Waals surface area (Å²) in [5.74, 6) is 0.368. The Morgan fingerprint density at radius 1 is 1.00 bits per heavy atom. The molecular formula is C25H35NO4S. The SMILES string of the molecule is CC(C)(C)c1cc(C(=O)N2CCC(S(=O)(=O)Cc3ccco3)CC2)cc(C(C)(C)C)c1. The lowest BCUT2D eigenvalue weighted by Gasteiger charge is -2.32. The van der Waals surface area contributed by atoms with E-state index in [2.05, 4.69) is 47.6 Å². The molecule has 1 saturated heterocycles. The summed E-state index contributed by atoms with van der Waals surface area (Å²) < 4.78 is 30.7. The molecule has 3 rings (SSSR count). The third-order valence-electron chi connectivity index (χ3n) is 6.07. The van der Waals surface area contributed by atoms with Gasteiger partial charge in [0.2, 0.25) is 0 Å². The molecule has 0 radical (unpaired) electrons. The van der Waals surface area contributed by atoms with E-state index in [-0.39, 0.29) is 22.5 Å². The molecule has 6 heteroatoms. The van der Waals surface area contributed by atoms with Crippen LogP contribution in [0.15, 0.2) is 41.0 Å². The Balaban J connectivity index is 1.76. The van der Waals surface area contributed by atoms with Gasteiger partial charge in [0.15, 0.2) is 9.84 Å². The van der Waals surface area contributed by atoms with Gasteiger partial charge in [0.25, 0.3) is 5.91 Å². The second-order valence-corrected chi connectivity index (χ2v) is 13.0. The highest BCUT2D eigenvalue weighted by Crippen LogP contribution is 2.31. The number of hydrogen-bond acceptors (Lipinski definition) is 4. The molecule has 0 spiro atoms. The van der Waals surface area contributed by atoms with Gasteiger partial charge in [0.1, 0.15) is 11.5 Å². The molecule has 2 aromatic rings. The van der Waals surface area contributed by atoms with Crippen molar-refractivity contribution in [2.75, 3.05) is 13.1 Å². The number of rotatable bonds is 4. The van der Waals surface area contributed by atoms with Gasteiger partial charge in [0.05, 0.1) is 11.5 Å². The Morgan fingerprint density at radius 2 is 1.55 bits per heavy atom. The van der Waals surface area contributed by atoms with Crippen LogP contribution in [0, 0.1) is 0 Å².